The van der Waals surface area contributed by atoms with E-state index in [2.05, 4.69) is 29.0 Å². The van der Waals surface area contributed by atoms with Crippen molar-refractivity contribution in [2.75, 3.05) is 45.8 Å². The molecule has 3 saturated heterocycles. The van der Waals surface area contributed by atoms with E-state index in [0.717, 1.165) is 51.1 Å². The summed E-state index contributed by atoms with van der Waals surface area (Å²) in [5.41, 5.74) is 0.459. The van der Waals surface area contributed by atoms with Crippen LogP contribution in [0.15, 0.2) is 0 Å². The Morgan fingerprint density at radius 2 is 1.89 bits per heavy atom. The van der Waals surface area contributed by atoms with E-state index in [1.807, 2.05) is 0 Å². The fourth-order valence-electron chi connectivity index (χ4n) is 3.71. The second-order valence-corrected chi connectivity index (χ2v) is 7.21. The maximum atomic E-state index is 12.2. The molecule has 0 aliphatic carbocycles. The first kappa shape index (κ1) is 13.4. The molecular weight excluding hydrogens is 238 g/mol. The van der Waals surface area contributed by atoms with Crippen LogP contribution in [0.1, 0.15) is 26.7 Å². The summed E-state index contributed by atoms with van der Waals surface area (Å²) in [5, 5.41) is 3.31. The molecule has 4 nitrogen and oxygen atoms in total. The lowest BCUT2D eigenvalue weighted by Crippen LogP contribution is -2.72. The molecule has 4 heteroatoms. The molecule has 0 bridgehead atoms. The molecule has 0 aromatic carbocycles. The highest BCUT2D eigenvalue weighted by atomic mass is 16.2. The Balaban J connectivity index is 1.39. The number of carbonyl (C=O) groups is 1. The van der Waals surface area contributed by atoms with Crippen LogP contribution in [0, 0.1) is 17.3 Å². The summed E-state index contributed by atoms with van der Waals surface area (Å²) in [6.45, 7) is 11.7. The van der Waals surface area contributed by atoms with Crippen molar-refractivity contribution in [2.45, 2.75) is 26.7 Å². The first-order chi connectivity index (χ1) is 9.08. The standard InChI is InChI=1S/C15H27N3O/c1-12(2)13-3-5-17(6-4-13)7-14(19)18-10-15(11-18)8-16-9-15/h12-13,16H,3-11H2,1-2H3. The summed E-state index contributed by atoms with van der Waals surface area (Å²) >= 11 is 0. The Morgan fingerprint density at radius 1 is 1.26 bits per heavy atom. The average molecular weight is 265 g/mol. The van der Waals surface area contributed by atoms with E-state index in [-0.39, 0.29) is 0 Å². The van der Waals surface area contributed by atoms with Crippen molar-refractivity contribution in [1.29, 1.82) is 0 Å². The smallest absolute Gasteiger partial charge is 0.236 e. The van der Waals surface area contributed by atoms with Crippen LogP contribution >= 0.6 is 0 Å². The summed E-state index contributed by atoms with van der Waals surface area (Å²) in [6.07, 6.45) is 2.53. The molecule has 1 N–H and O–H groups in total. The van der Waals surface area contributed by atoms with E-state index in [1.165, 1.54) is 12.8 Å². The van der Waals surface area contributed by atoms with Crippen LogP contribution in [0.3, 0.4) is 0 Å². The predicted molar refractivity (Wildman–Crippen MR) is 75.9 cm³/mol. The average Bonchev–Trinajstić information content (AvgIpc) is 2.25. The predicted octanol–water partition coefficient (Wildman–Crippen LogP) is 0.786. The van der Waals surface area contributed by atoms with E-state index in [0.29, 0.717) is 17.9 Å². The van der Waals surface area contributed by atoms with Crippen LogP contribution in [0.4, 0.5) is 0 Å². The zero-order valence-electron chi connectivity index (χ0n) is 12.3. The number of likely N-dealkylation sites (tertiary alicyclic amines) is 2. The number of carbonyl (C=O) groups excluding carboxylic acids is 1. The molecule has 3 rings (SSSR count). The fraction of sp³-hybridized carbons (Fsp3) is 0.933. The second kappa shape index (κ2) is 5.06. The molecule has 3 fully saturated rings. The van der Waals surface area contributed by atoms with Crippen molar-refractivity contribution in [3.05, 3.63) is 0 Å². The van der Waals surface area contributed by atoms with Gasteiger partial charge in [-0.1, -0.05) is 13.8 Å². The molecule has 108 valence electrons. The molecule has 19 heavy (non-hydrogen) atoms. The van der Waals surface area contributed by atoms with Crippen molar-refractivity contribution < 1.29 is 4.79 Å². The molecule has 3 aliphatic heterocycles. The molecular formula is C15H27N3O. The largest absolute Gasteiger partial charge is 0.340 e. The van der Waals surface area contributed by atoms with Gasteiger partial charge in [-0.05, 0) is 37.8 Å². The summed E-state index contributed by atoms with van der Waals surface area (Å²) in [6, 6.07) is 0. The highest BCUT2D eigenvalue weighted by Gasteiger charge is 2.49. The van der Waals surface area contributed by atoms with Crippen LogP contribution in [0.25, 0.3) is 0 Å². The molecule has 3 heterocycles. The summed E-state index contributed by atoms with van der Waals surface area (Å²) in [4.78, 5) is 16.6. The van der Waals surface area contributed by atoms with Gasteiger partial charge in [0.05, 0.1) is 6.54 Å². The van der Waals surface area contributed by atoms with Crippen LogP contribution in [0.2, 0.25) is 0 Å². The number of amides is 1. The lowest BCUT2D eigenvalue weighted by Gasteiger charge is -2.56. The molecule has 1 spiro atoms. The van der Waals surface area contributed by atoms with Crippen LogP contribution in [0.5, 0.6) is 0 Å². The SMILES string of the molecule is CC(C)C1CCN(CC(=O)N2CC3(CNC3)C2)CC1. The minimum absolute atomic E-state index is 0.348. The second-order valence-electron chi connectivity index (χ2n) is 7.21. The maximum absolute atomic E-state index is 12.2. The van der Waals surface area contributed by atoms with Gasteiger partial charge in [0.2, 0.25) is 5.91 Å². The quantitative estimate of drug-likeness (QED) is 0.819. The van der Waals surface area contributed by atoms with E-state index >= 15 is 0 Å². The maximum Gasteiger partial charge on any atom is 0.236 e. The number of nitrogens with zero attached hydrogens (tertiary/aromatic N) is 2. The summed E-state index contributed by atoms with van der Waals surface area (Å²) in [7, 11) is 0. The number of piperidine rings is 1. The van der Waals surface area contributed by atoms with Gasteiger partial charge >= 0.3 is 0 Å². The molecule has 0 unspecified atom stereocenters. The first-order valence-corrected chi connectivity index (χ1v) is 7.79. The molecule has 3 aliphatic rings. The van der Waals surface area contributed by atoms with Crippen molar-refractivity contribution in [2.24, 2.45) is 17.3 Å². The number of hydrogen-bond donors (Lipinski definition) is 1. The zero-order chi connectivity index (χ0) is 13.5. The minimum atomic E-state index is 0.348. The minimum Gasteiger partial charge on any atom is -0.340 e. The monoisotopic (exact) mass is 265 g/mol. The van der Waals surface area contributed by atoms with E-state index in [4.69, 9.17) is 0 Å². The lowest BCUT2D eigenvalue weighted by molar-refractivity contribution is -0.148. The zero-order valence-corrected chi connectivity index (χ0v) is 12.3. The van der Waals surface area contributed by atoms with Gasteiger partial charge in [-0.3, -0.25) is 9.69 Å². The Bertz CT molecular complexity index is 335. The molecule has 0 radical (unpaired) electrons. The van der Waals surface area contributed by atoms with Gasteiger partial charge in [0, 0.05) is 31.6 Å². The summed E-state index contributed by atoms with van der Waals surface area (Å²) < 4.78 is 0. The third-order valence-corrected chi connectivity index (χ3v) is 5.34. The molecule has 1 amide bonds. The number of hydrogen-bond acceptors (Lipinski definition) is 3. The van der Waals surface area contributed by atoms with Crippen molar-refractivity contribution in [3.8, 4) is 0 Å². The Morgan fingerprint density at radius 3 is 2.37 bits per heavy atom. The topological polar surface area (TPSA) is 35.6 Å². The van der Waals surface area contributed by atoms with Crippen molar-refractivity contribution >= 4 is 5.91 Å². The van der Waals surface area contributed by atoms with Crippen molar-refractivity contribution in [1.82, 2.24) is 15.1 Å². The van der Waals surface area contributed by atoms with Crippen LogP contribution in [-0.4, -0.2) is 61.5 Å². The number of nitrogens with one attached hydrogen (secondary N) is 1. The molecule has 0 saturated carbocycles. The summed E-state index contributed by atoms with van der Waals surface area (Å²) in [5.74, 6) is 2.00. The highest BCUT2D eigenvalue weighted by molar-refractivity contribution is 5.79. The Hall–Kier alpha value is -0.610. The molecule has 0 atom stereocenters. The third kappa shape index (κ3) is 2.65. The van der Waals surface area contributed by atoms with Gasteiger partial charge in [-0.15, -0.1) is 0 Å². The fourth-order valence-corrected chi connectivity index (χ4v) is 3.71. The molecule has 0 aromatic rings. The van der Waals surface area contributed by atoms with Gasteiger partial charge in [0.25, 0.3) is 0 Å². The number of rotatable bonds is 3. The van der Waals surface area contributed by atoms with E-state index in [9.17, 15) is 4.79 Å². The van der Waals surface area contributed by atoms with Crippen LogP contribution in [-0.2, 0) is 4.79 Å². The van der Waals surface area contributed by atoms with Gasteiger partial charge in [-0.2, -0.15) is 0 Å². The molecule has 0 aromatic heterocycles. The van der Waals surface area contributed by atoms with Crippen molar-refractivity contribution in [3.63, 3.8) is 0 Å². The van der Waals surface area contributed by atoms with Gasteiger partial charge in [0.1, 0.15) is 0 Å². The highest BCUT2D eigenvalue weighted by Crippen LogP contribution is 2.34. The van der Waals surface area contributed by atoms with Gasteiger partial charge in [-0.25, -0.2) is 0 Å². The van der Waals surface area contributed by atoms with E-state index in [1.54, 1.807) is 0 Å². The first-order valence-electron chi connectivity index (χ1n) is 7.79. The Kier molecular flexibility index (Phi) is 3.56. The van der Waals surface area contributed by atoms with Gasteiger partial charge < -0.3 is 10.2 Å². The van der Waals surface area contributed by atoms with Gasteiger partial charge in [0.15, 0.2) is 0 Å². The third-order valence-electron chi connectivity index (χ3n) is 5.34. The van der Waals surface area contributed by atoms with E-state index < -0.39 is 0 Å². The Labute approximate surface area is 116 Å². The lowest BCUT2D eigenvalue weighted by atomic mass is 9.74. The van der Waals surface area contributed by atoms with Crippen LogP contribution < -0.4 is 5.32 Å². The normalized spacial score (nSPS) is 27.4.